The molecule has 0 saturated carbocycles. The van der Waals surface area contributed by atoms with Crippen LogP contribution in [0.25, 0.3) is 0 Å². The maximum atomic E-state index is 13.6. The van der Waals surface area contributed by atoms with Gasteiger partial charge in [-0.05, 0) is 90.3 Å². The Labute approximate surface area is 254 Å². The van der Waals surface area contributed by atoms with Crippen molar-refractivity contribution < 1.29 is 22.7 Å². The fourth-order valence-electron chi connectivity index (χ4n) is 4.69. The molecule has 0 bridgehead atoms. The van der Waals surface area contributed by atoms with Crippen LogP contribution in [-0.4, -0.2) is 44.7 Å². The number of amides is 2. The number of carbonyl (C=O) groups is 2. The molecule has 1 N–H and O–H groups in total. The van der Waals surface area contributed by atoms with Gasteiger partial charge in [-0.25, -0.2) is 8.42 Å². The van der Waals surface area contributed by atoms with Gasteiger partial charge in [0.1, 0.15) is 5.75 Å². The van der Waals surface area contributed by atoms with Crippen LogP contribution in [0.2, 0.25) is 10.0 Å². The second kappa shape index (κ2) is 12.5. The molecule has 0 aliphatic carbocycles. The van der Waals surface area contributed by atoms with E-state index in [2.05, 4.69) is 5.32 Å². The molecule has 0 spiro atoms. The highest BCUT2D eigenvalue weighted by molar-refractivity contribution is 7.89. The first kappa shape index (κ1) is 29.6. The molecule has 0 radical (unpaired) electrons. The number of methoxy groups -OCH3 is 1. The standard InChI is InChI=1S/C31H27Cl2N3O5S/c1-41-27-12-5-23(6-13-27)31(38)36-17-16-22-4-11-26(18-29(22)36)34-30(37)20-35(19-21-2-7-24(32)8-3-21)42(39,40)28-14-9-25(33)10-15-28/h2-15,18H,16-17,19-20H2,1H3,(H,34,37). The smallest absolute Gasteiger partial charge is 0.258 e. The number of halogens is 2. The Morgan fingerprint density at radius 1 is 0.905 bits per heavy atom. The third-order valence-electron chi connectivity index (χ3n) is 6.89. The van der Waals surface area contributed by atoms with Crippen molar-refractivity contribution in [2.45, 2.75) is 17.9 Å². The Balaban J connectivity index is 1.35. The van der Waals surface area contributed by atoms with Crippen LogP contribution in [-0.2, 0) is 27.8 Å². The van der Waals surface area contributed by atoms with Gasteiger partial charge in [-0.3, -0.25) is 9.59 Å². The quantitative estimate of drug-likeness (QED) is 0.245. The average Bonchev–Trinajstić information content (AvgIpc) is 3.41. The van der Waals surface area contributed by atoms with Crippen LogP contribution >= 0.6 is 23.2 Å². The minimum absolute atomic E-state index is 0.0129. The molecule has 5 rings (SSSR count). The Morgan fingerprint density at radius 2 is 1.55 bits per heavy atom. The summed E-state index contributed by atoms with van der Waals surface area (Å²) in [5, 5.41) is 3.71. The second-order valence-electron chi connectivity index (χ2n) is 9.68. The number of hydrogen-bond acceptors (Lipinski definition) is 5. The van der Waals surface area contributed by atoms with Crippen molar-refractivity contribution in [1.82, 2.24) is 4.31 Å². The molecule has 4 aromatic carbocycles. The van der Waals surface area contributed by atoms with Gasteiger partial charge in [0.15, 0.2) is 0 Å². The Morgan fingerprint density at radius 3 is 2.19 bits per heavy atom. The van der Waals surface area contributed by atoms with Crippen molar-refractivity contribution in [3.05, 3.63) is 118 Å². The monoisotopic (exact) mass is 623 g/mol. The predicted octanol–water partition coefficient (Wildman–Crippen LogP) is 6.03. The van der Waals surface area contributed by atoms with Gasteiger partial charge in [-0.2, -0.15) is 4.31 Å². The zero-order valence-corrected chi connectivity index (χ0v) is 24.9. The van der Waals surface area contributed by atoms with Crippen LogP contribution in [0.3, 0.4) is 0 Å². The molecular weight excluding hydrogens is 597 g/mol. The molecule has 1 aliphatic rings. The molecule has 1 heterocycles. The van der Waals surface area contributed by atoms with Gasteiger partial charge in [0, 0.05) is 40.1 Å². The van der Waals surface area contributed by atoms with Gasteiger partial charge in [0.05, 0.1) is 18.6 Å². The van der Waals surface area contributed by atoms with E-state index in [0.717, 1.165) is 9.87 Å². The molecule has 216 valence electrons. The highest BCUT2D eigenvalue weighted by Gasteiger charge is 2.29. The number of carbonyl (C=O) groups excluding carboxylic acids is 2. The summed E-state index contributed by atoms with van der Waals surface area (Å²) in [5.41, 5.74) is 3.30. The lowest BCUT2D eigenvalue weighted by molar-refractivity contribution is -0.116. The number of nitrogens with one attached hydrogen (secondary N) is 1. The molecule has 2 amide bonds. The molecule has 42 heavy (non-hydrogen) atoms. The average molecular weight is 625 g/mol. The normalized spacial score (nSPS) is 12.7. The lowest BCUT2D eigenvalue weighted by Crippen LogP contribution is -2.37. The number of nitrogens with zero attached hydrogens (tertiary/aromatic N) is 2. The third-order valence-corrected chi connectivity index (χ3v) is 9.20. The highest BCUT2D eigenvalue weighted by Crippen LogP contribution is 2.32. The molecule has 4 aromatic rings. The van der Waals surface area contributed by atoms with Gasteiger partial charge < -0.3 is 15.0 Å². The number of hydrogen-bond donors (Lipinski definition) is 1. The van der Waals surface area contributed by atoms with E-state index in [1.807, 2.05) is 6.07 Å². The summed E-state index contributed by atoms with van der Waals surface area (Å²) < 4.78 is 33.4. The fraction of sp³-hybridized carbons (Fsp3) is 0.161. The molecule has 0 saturated heterocycles. The summed E-state index contributed by atoms with van der Waals surface area (Å²) >= 11 is 12.0. The van der Waals surface area contributed by atoms with Crippen molar-refractivity contribution >= 4 is 56.4 Å². The van der Waals surface area contributed by atoms with Crippen LogP contribution < -0.4 is 15.0 Å². The van der Waals surface area contributed by atoms with Crippen LogP contribution in [0.15, 0.2) is 95.9 Å². The van der Waals surface area contributed by atoms with Gasteiger partial charge in [-0.1, -0.05) is 41.4 Å². The van der Waals surface area contributed by atoms with E-state index >= 15 is 0 Å². The molecular formula is C31H27Cl2N3O5S. The van der Waals surface area contributed by atoms with Crippen LogP contribution in [0, 0.1) is 0 Å². The van der Waals surface area contributed by atoms with Crippen LogP contribution in [0.1, 0.15) is 21.5 Å². The third kappa shape index (κ3) is 6.60. The maximum absolute atomic E-state index is 13.6. The van der Waals surface area contributed by atoms with Gasteiger partial charge in [0.25, 0.3) is 5.91 Å². The highest BCUT2D eigenvalue weighted by atomic mass is 35.5. The number of rotatable bonds is 9. The maximum Gasteiger partial charge on any atom is 0.258 e. The van der Waals surface area contributed by atoms with Gasteiger partial charge in [-0.15, -0.1) is 0 Å². The first-order valence-electron chi connectivity index (χ1n) is 13.0. The van der Waals surface area contributed by atoms with Crippen molar-refractivity contribution in [3.8, 4) is 5.75 Å². The number of sulfonamides is 1. The number of anilines is 2. The summed E-state index contributed by atoms with van der Waals surface area (Å²) in [6.07, 6.45) is 0.680. The SMILES string of the molecule is COc1ccc(C(=O)N2CCc3ccc(NC(=O)CN(Cc4ccc(Cl)cc4)S(=O)(=O)c4ccc(Cl)cc4)cc32)cc1. The topological polar surface area (TPSA) is 96.0 Å². The van der Waals surface area contributed by atoms with E-state index in [-0.39, 0.29) is 17.3 Å². The lowest BCUT2D eigenvalue weighted by atomic mass is 10.1. The van der Waals surface area contributed by atoms with E-state index in [4.69, 9.17) is 27.9 Å². The predicted molar refractivity (Wildman–Crippen MR) is 164 cm³/mol. The number of ether oxygens (including phenoxy) is 1. The molecule has 0 atom stereocenters. The molecule has 0 fully saturated rings. The second-order valence-corrected chi connectivity index (χ2v) is 12.5. The zero-order valence-electron chi connectivity index (χ0n) is 22.6. The largest absolute Gasteiger partial charge is 0.497 e. The molecule has 0 aromatic heterocycles. The minimum Gasteiger partial charge on any atom is -0.497 e. The summed E-state index contributed by atoms with van der Waals surface area (Å²) in [7, 11) is -2.50. The number of fused-ring (bicyclic) bond motifs is 1. The summed E-state index contributed by atoms with van der Waals surface area (Å²) in [6.45, 7) is 0.00877. The number of benzene rings is 4. The molecule has 0 unspecified atom stereocenters. The van der Waals surface area contributed by atoms with Crippen molar-refractivity contribution in [2.75, 3.05) is 30.4 Å². The van der Waals surface area contributed by atoms with E-state index in [1.165, 1.54) is 24.3 Å². The van der Waals surface area contributed by atoms with Crippen LogP contribution in [0.4, 0.5) is 11.4 Å². The molecule has 1 aliphatic heterocycles. The van der Waals surface area contributed by atoms with E-state index < -0.39 is 22.5 Å². The molecule has 11 heteroatoms. The first-order chi connectivity index (χ1) is 20.1. The van der Waals surface area contributed by atoms with E-state index in [1.54, 1.807) is 72.7 Å². The van der Waals surface area contributed by atoms with Crippen molar-refractivity contribution in [1.29, 1.82) is 0 Å². The first-order valence-corrected chi connectivity index (χ1v) is 15.2. The van der Waals surface area contributed by atoms with Crippen molar-refractivity contribution in [3.63, 3.8) is 0 Å². The van der Waals surface area contributed by atoms with Gasteiger partial charge in [0.2, 0.25) is 15.9 Å². The summed E-state index contributed by atoms with van der Waals surface area (Å²) in [4.78, 5) is 28.2. The van der Waals surface area contributed by atoms with Gasteiger partial charge >= 0.3 is 0 Å². The zero-order chi connectivity index (χ0) is 29.9. The van der Waals surface area contributed by atoms with E-state index in [9.17, 15) is 18.0 Å². The van der Waals surface area contributed by atoms with Crippen LogP contribution in [0.5, 0.6) is 5.75 Å². The Kier molecular flexibility index (Phi) is 8.84. The minimum atomic E-state index is -4.06. The Bertz CT molecular complexity index is 1710. The lowest BCUT2D eigenvalue weighted by Gasteiger charge is -2.22. The summed E-state index contributed by atoms with van der Waals surface area (Å²) in [5.74, 6) is -0.0443. The van der Waals surface area contributed by atoms with E-state index in [0.29, 0.717) is 51.3 Å². The summed E-state index contributed by atoms with van der Waals surface area (Å²) in [6, 6.07) is 24.7. The van der Waals surface area contributed by atoms with Crippen molar-refractivity contribution in [2.24, 2.45) is 0 Å². The fourth-order valence-corrected chi connectivity index (χ4v) is 6.33. The molecule has 8 nitrogen and oxygen atoms in total. The Hall–Kier alpha value is -3.89.